The third-order valence-electron chi connectivity index (χ3n) is 2.40. The Kier molecular flexibility index (Phi) is 4.21. The van der Waals surface area contributed by atoms with Crippen LogP contribution in [0.25, 0.3) is 0 Å². The first-order valence-electron chi connectivity index (χ1n) is 5.67. The molecule has 0 saturated carbocycles. The van der Waals surface area contributed by atoms with Gasteiger partial charge in [0.1, 0.15) is 11.6 Å². The maximum absolute atomic E-state index is 11.9. The third-order valence-corrected chi connectivity index (χ3v) is 2.40. The first-order valence-corrected chi connectivity index (χ1v) is 5.67. The van der Waals surface area contributed by atoms with E-state index >= 15 is 0 Å². The average Bonchev–Trinajstić information content (AvgIpc) is 2.59. The van der Waals surface area contributed by atoms with Crippen molar-refractivity contribution in [3.63, 3.8) is 0 Å². The van der Waals surface area contributed by atoms with Crippen LogP contribution in [-0.4, -0.2) is 47.4 Å². The number of likely N-dealkylation sites (tertiary alicyclic amines) is 1. The number of aliphatic carboxylic acids is 1. The molecule has 6 heteroatoms. The molecule has 1 N–H and O–H groups in total. The van der Waals surface area contributed by atoms with Crippen LogP contribution in [0.1, 0.15) is 27.2 Å². The van der Waals surface area contributed by atoms with Crippen LogP contribution in [0.5, 0.6) is 0 Å². The van der Waals surface area contributed by atoms with Gasteiger partial charge in [-0.05, 0) is 26.3 Å². The van der Waals surface area contributed by atoms with E-state index in [4.69, 9.17) is 14.6 Å². The Balaban J connectivity index is 2.82. The Hall–Kier alpha value is -1.72. The Morgan fingerprint density at radius 2 is 2.06 bits per heavy atom. The van der Waals surface area contributed by atoms with Crippen LogP contribution in [-0.2, 0) is 14.3 Å². The minimum atomic E-state index is -1.04. The summed E-state index contributed by atoms with van der Waals surface area (Å²) < 4.78 is 10.0. The average molecular weight is 257 g/mol. The molecule has 102 valence electrons. The molecule has 1 unspecified atom stereocenters. The van der Waals surface area contributed by atoms with Crippen molar-refractivity contribution in [3.8, 4) is 0 Å². The van der Waals surface area contributed by atoms with Crippen molar-refractivity contribution in [1.82, 2.24) is 4.90 Å². The van der Waals surface area contributed by atoms with Crippen LogP contribution >= 0.6 is 0 Å². The monoisotopic (exact) mass is 257 g/mol. The predicted molar refractivity (Wildman–Crippen MR) is 64.1 cm³/mol. The van der Waals surface area contributed by atoms with Crippen molar-refractivity contribution in [2.75, 3.05) is 13.7 Å². The Labute approximate surface area is 106 Å². The second-order valence-corrected chi connectivity index (χ2v) is 5.18. The second-order valence-electron chi connectivity index (χ2n) is 5.18. The number of carboxylic acids is 1. The van der Waals surface area contributed by atoms with Gasteiger partial charge in [-0.15, -0.1) is 0 Å². The van der Waals surface area contributed by atoms with E-state index in [1.807, 2.05) is 0 Å². The number of carboxylic acid groups (broad SMARTS) is 1. The molecule has 0 aromatic rings. The SMILES string of the molecule is COC=C1CC(C(=O)O)N(C(=O)OC(C)(C)C)C1. The normalized spacial score (nSPS) is 22.1. The van der Waals surface area contributed by atoms with E-state index in [0.29, 0.717) is 0 Å². The van der Waals surface area contributed by atoms with E-state index in [1.54, 1.807) is 20.8 Å². The smallest absolute Gasteiger partial charge is 0.411 e. The molecule has 1 rings (SSSR count). The summed E-state index contributed by atoms with van der Waals surface area (Å²) in [6.07, 6.45) is 1.12. The molecule has 1 atom stereocenters. The zero-order valence-electron chi connectivity index (χ0n) is 11.1. The van der Waals surface area contributed by atoms with Gasteiger partial charge in [0.05, 0.1) is 13.4 Å². The fourth-order valence-electron chi connectivity index (χ4n) is 1.74. The summed E-state index contributed by atoms with van der Waals surface area (Å²) >= 11 is 0. The van der Waals surface area contributed by atoms with Gasteiger partial charge in [0.15, 0.2) is 0 Å². The quantitative estimate of drug-likeness (QED) is 0.760. The molecular weight excluding hydrogens is 238 g/mol. The number of ether oxygens (including phenoxy) is 2. The first-order chi connectivity index (χ1) is 8.24. The maximum Gasteiger partial charge on any atom is 0.411 e. The van der Waals surface area contributed by atoms with Crippen molar-refractivity contribution in [2.45, 2.75) is 38.8 Å². The van der Waals surface area contributed by atoms with Gasteiger partial charge in [0.2, 0.25) is 0 Å². The fourth-order valence-corrected chi connectivity index (χ4v) is 1.74. The Morgan fingerprint density at radius 3 is 2.50 bits per heavy atom. The van der Waals surface area contributed by atoms with E-state index in [1.165, 1.54) is 18.3 Å². The molecule has 18 heavy (non-hydrogen) atoms. The second kappa shape index (κ2) is 5.29. The summed E-state index contributed by atoms with van der Waals surface area (Å²) in [5.74, 6) is -1.04. The lowest BCUT2D eigenvalue weighted by Gasteiger charge is -2.26. The molecule has 0 spiro atoms. The Morgan fingerprint density at radius 1 is 1.44 bits per heavy atom. The van der Waals surface area contributed by atoms with Gasteiger partial charge >= 0.3 is 12.1 Å². The van der Waals surface area contributed by atoms with Crippen LogP contribution < -0.4 is 0 Å². The predicted octanol–water partition coefficient (Wildman–Crippen LogP) is 1.61. The number of carbonyl (C=O) groups is 2. The zero-order valence-corrected chi connectivity index (χ0v) is 11.1. The summed E-state index contributed by atoms with van der Waals surface area (Å²) in [5, 5.41) is 9.10. The molecule has 6 nitrogen and oxygen atoms in total. The lowest BCUT2D eigenvalue weighted by Crippen LogP contribution is -2.43. The van der Waals surface area contributed by atoms with Crippen LogP contribution in [0, 0.1) is 0 Å². The summed E-state index contributed by atoms with van der Waals surface area (Å²) in [6, 6.07) is -0.888. The van der Waals surface area contributed by atoms with Crippen molar-refractivity contribution >= 4 is 12.1 Å². The van der Waals surface area contributed by atoms with E-state index in [-0.39, 0.29) is 13.0 Å². The molecule has 1 amide bonds. The molecule has 1 aliphatic heterocycles. The molecule has 0 bridgehead atoms. The molecular formula is C12H19NO5. The minimum Gasteiger partial charge on any atom is -0.504 e. The molecule has 1 saturated heterocycles. The van der Waals surface area contributed by atoms with E-state index in [0.717, 1.165) is 5.57 Å². The molecule has 0 aliphatic carbocycles. The maximum atomic E-state index is 11.9. The zero-order chi connectivity index (χ0) is 13.9. The summed E-state index contributed by atoms with van der Waals surface area (Å²) in [5.41, 5.74) is 0.115. The lowest BCUT2D eigenvalue weighted by atomic mass is 10.2. The van der Waals surface area contributed by atoms with Gasteiger partial charge in [-0.1, -0.05) is 0 Å². The van der Waals surface area contributed by atoms with Crippen LogP contribution in [0.2, 0.25) is 0 Å². The minimum absolute atomic E-state index is 0.222. The van der Waals surface area contributed by atoms with Crippen LogP contribution in [0.15, 0.2) is 11.8 Å². The fraction of sp³-hybridized carbons (Fsp3) is 0.667. The molecule has 1 fully saturated rings. The van der Waals surface area contributed by atoms with Crippen molar-refractivity contribution in [1.29, 1.82) is 0 Å². The highest BCUT2D eigenvalue weighted by Gasteiger charge is 2.39. The van der Waals surface area contributed by atoms with Gasteiger partial charge in [0, 0.05) is 13.0 Å². The van der Waals surface area contributed by atoms with Gasteiger partial charge in [0.25, 0.3) is 0 Å². The van der Waals surface area contributed by atoms with Gasteiger partial charge in [-0.3, -0.25) is 4.90 Å². The molecule has 0 aromatic carbocycles. The summed E-state index contributed by atoms with van der Waals surface area (Å²) in [6.45, 7) is 5.44. The largest absolute Gasteiger partial charge is 0.504 e. The molecule has 1 aliphatic rings. The van der Waals surface area contributed by atoms with Crippen LogP contribution in [0.4, 0.5) is 4.79 Å². The first kappa shape index (κ1) is 14.3. The number of nitrogens with zero attached hydrogens (tertiary/aromatic N) is 1. The molecule has 0 aromatic heterocycles. The number of hydrogen-bond acceptors (Lipinski definition) is 4. The highest BCUT2D eigenvalue weighted by Crippen LogP contribution is 2.25. The van der Waals surface area contributed by atoms with Gasteiger partial charge < -0.3 is 14.6 Å². The van der Waals surface area contributed by atoms with E-state index in [2.05, 4.69) is 0 Å². The number of amides is 1. The standard InChI is InChI=1S/C12H19NO5/c1-12(2,3)18-11(16)13-6-8(7-17-4)5-9(13)10(14)15/h7,9H,5-6H2,1-4H3,(H,14,15). The van der Waals surface area contributed by atoms with Crippen molar-refractivity contribution in [2.24, 2.45) is 0 Å². The number of carbonyl (C=O) groups excluding carboxylic acids is 1. The molecule has 1 heterocycles. The Bertz CT molecular complexity index is 369. The summed E-state index contributed by atoms with van der Waals surface area (Å²) in [7, 11) is 1.49. The van der Waals surface area contributed by atoms with Gasteiger partial charge in [-0.2, -0.15) is 0 Å². The molecule has 0 radical (unpaired) electrons. The van der Waals surface area contributed by atoms with E-state index in [9.17, 15) is 9.59 Å². The van der Waals surface area contributed by atoms with Crippen molar-refractivity contribution < 1.29 is 24.2 Å². The van der Waals surface area contributed by atoms with E-state index < -0.39 is 23.7 Å². The third kappa shape index (κ3) is 3.65. The number of hydrogen-bond donors (Lipinski definition) is 1. The topological polar surface area (TPSA) is 76.1 Å². The summed E-state index contributed by atoms with van der Waals surface area (Å²) in [4.78, 5) is 24.2. The highest BCUT2D eigenvalue weighted by atomic mass is 16.6. The van der Waals surface area contributed by atoms with Crippen LogP contribution in [0.3, 0.4) is 0 Å². The highest BCUT2D eigenvalue weighted by molar-refractivity contribution is 5.82. The number of rotatable bonds is 2. The number of methoxy groups -OCH3 is 1. The van der Waals surface area contributed by atoms with Crippen molar-refractivity contribution in [3.05, 3.63) is 11.8 Å². The lowest BCUT2D eigenvalue weighted by molar-refractivity contribution is -0.142. The van der Waals surface area contributed by atoms with Gasteiger partial charge in [-0.25, -0.2) is 9.59 Å².